The van der Waals surface area contributed by atoms with Crippen molar-refractivity contribution >= 4 is 15.5 Å². The molecule has 0 spiro atoms. The van der Waals surface area contributed by atoms with Crippen molar-refractivity contribution in [3.8, 4) is 22.6 Å². The highest BCUT2D eigenvalue weighted by Crippen LogP contribution is 2.37. The Morgan fingerprint density at radius 1 is 1.10 bits per heavy atom. The van der Waals surface area contributed by atoms with E-state index in [0.717, 1.165) is 43.3 Å². The van der Waals surface area contributed by atoms with E-state index in [0.29, 0.717) is 17.3 Å². The van der Waals surface area contributed by atoms with E-state index in [1.165, 1.54) is 18.3 Å². The molecule has 1 saturated carbocycles. The molecule has 3 heterocycles. The summed E-state index contributed by atoms with van der Waals surface area (Å²) in [5.41, 5.74) is 2.23. The van der Waals surface area contributed by atoms with Crippen LogP contribution in [-0.2, 0) is 16.3 Å². The molecule has 4 aromatic rings. The average molecular weight is 441 g/mol. The number of nitrogens with zero attached hydrogens (tertiary/aromatic N) is 5. The number of fused-ring (bicyclic) bond motifs is 1. The molecule has 0 radical (unpaired) electrons. The van der Waals surface area contributed by atoms with E-state index in [2.05, 4.69) is 19.9 Å². The lowest BCUT2D eigenvalue weighted by Crippen LogP contribution is -2.05. The Kier molecular flexibility index (Phi) is 4.54. The van der Waals surface area contributed by atoms with E-state index in [9.17, 15) is 17.2 Å². The molecule has 1 aliphatic rings. The number of sulfone groups is 1. The number of halogens is 2. The fourth-order valence-electron chi connectivity index (χ4n) is 3.53. The Morgan fingerprint density at radius 3 is 2.61 bits per heavy atom. The second-order valence-electron chi connectivity index (χ2n) is 7.64. The minimum absolute atomic E-state index is 0.0805. The van der Waals surface area contributed by atoms with Crippen LogP contribution in [0.5, 0.6) is 0 Å². The molecule has 0 amide bonds. The summed E-state index contributed by atoms with van der Waals surface area (Å²) in [6.07, 6.45) is 8.62. The molecule has 158 valence electrons. The third kappa shape index (κ3) is 3.67. The van der Waals surface area contributed by atoms with Crippen LogP contribution in [0, 0.1) is 17.6 Å². The van der Waals surface area contributed by atoms with Crippen LogP contribution in [0.3, 0.4) is 0 Å². The molecule has 0 aliphatic heterocycles. The van der Waals surface area contributed by atoms with Crippen LogP contribution in [-0.4, -0.2) is 39.0 Å². The summed E-state index contributed by atoms with van der Waals surface area (Å²) in [5, 5.41) is -0.349. The predicted molar refractivity (Wildman–Crippen MR) is 109 cm³/mol. The smallest absolute Gasteiger partial charge is 0.247 e. The third-order valence-electron chi connectivity index (χ3n) is 5.19. The van der Waals surface area contributed by atoms with Crippen LogP contribution in [0.25, 0.3) is 28.3 Å². The van der Waals surface area contributed by atoms with Gasteiger partial charge in [-0.25, -0.2) is 32.2 Å². The Morgan fingerprint density at radius 2 is 1.90 bits per heavy atom. The normalized spacial score (nSPS) is 14.3. The second-order valence-corrected chi connectivity index (χ2v) is 9.55. The zero-order chi connectivity index (χ0) is 21.8. The maximum atomic E-state index is 14.7. The van der Waals surface area contributed by atoms with E-state index in [1.54, 1.807) is 16.8 Å². The van der Waals surface area contributed by atoms with Gasteiger partial charge in [0.25, 0.3) is 0 Å². The third-order valence-corrected chi connectivity index (χ3v) is 6.05. The van der Waals surface area contributed by atoms with Gasteiger partial charge in [-0.05, 0) is 43.4 Å². The van der Waals surface area contributed by atoms with Crippen LogP contribution in [0.4, 0.5) is 8.78 Å². The standard InChI is InChI=1S/C21H17F2N5O2S/c1-31(29,30)21-25-7-6-16(26-21)19-18(14-5-4-13(22)11-15(14)23)27-20-17(10-12-2-3-12)24-8-9-28(19)20/h4-9,11-12H,2-3,10H2,1H3. The number of imidazole rings is 1. The first-order valence-electron chi connectivity index (χ1n) is 9.66. The fourth-order valence-corrected chi connectivity index (χ4v) is 4.05. The van der Waals surface area contributed by atoms with Gasteiger partial charge in [0, 0.05) is 36.5 Å². The summed E-state index contributed by atoms with van der Waals surface area (Å²) in [6, 6.07) is 4.78. The molecule has 0 atom stereocenters. The summed E-state index contributed by atoms with van der Waals surface area (Å²) in [7, 11) is -3.66. The molecule has 1 aliphatic carbocycles. The molecule has 31 heavy (non-hydrogen) atoms. The highest BCUT2D eigenvalue weighted by Gasteiger charge is 2.27. The molecule has 0 unspecified atom stereocenters. The number of hydrogen-bond acceptors (Lipinski definition) is 6. The summed E-state index contributed by atoms with van der Waals surface area (Å²) >= 11 is 0. The molecule has 5 rings (SSSR count). The molecule has 1 fully saturated rings. The van der Waals surface area contributed by atoms with Crippen molar-refractivity contribution in [2.45, 2.75) is 24.4 Å². The Bertz CT molecular complexity index is 1430. The summed E-state index contributed by atoms with van der Waals surface area (Å²) in [5.74, 6) is -0.941. The molecule has 10 heteroatoms. The molecule has 3 aromatic heterocycles. The molecular weight excluding hydrogens is 424 g/mol. The summed E-state index contributed by atoms with van der Waals surface area (Å²) in [4.78, 5) is 17.1. The molecule has 0 saturated heterocycles. The number of rotatable bonds is 5. The fraction of sp³-hybridized carbons (Fsp3) is 0.238. The van der Waals surface area contributed by atoms with Crippen LogP contribution < -0.4 is 0 Å². The van der Waals surface area contributed by atoms with E-state index in [1.807, 2.05) is 0 Å². The van der Waals surface area contributed by atoms with Crippen molar-refractivity contribution in [2.75, 3.05) is 6.26 Å². The maximum absolute atomic E-state index is 14.7. The zero-order valence-electron chi connectivity index (χ0n) is 16.5. The largest absolute Gasteiger partial charge is 0.295 e. The van der Waals surface area contributed by atoms with Gasteiger partial charge in [-0.3, -0.25) is 9.38 Å². The van der Waals surface area contributed by atoms with Gasteiger partial charge >= 0.3 is 0 Å². The van der Waals surface area contributed by atoms with Crippen molar-refractivity contribution in [2.24, 2.45) is 5.92 Å². The van der Waals surface area contributed by atoms with E-state index in [-0.39, 0.29) is 22.1 Å². The van der Waals surface area contributed by atoms with Crippen molar-refractivity contribution in [3.05, 3.63) is 60.2 Å². The molecular formula is C21H17F2N5O2S. The first-order chi connectivity index (χ1) is 14.8. The number of hydrogen-bond donors (Lipinski definition) is 0. The second kappa shape index (κ2) is 7.16. The van der Waals surface area contributed by atoms with Gasteiger partial charge in [-0.1, -0.05) is 0 Å². The Hall–Kier alpha value is -3.27. The van der Waals surface area contributed by atoms with Crippen LogP contribution in [0.15, 0.2) is 48.0 Å². The van der Waals surface area contributed by atoms with Gasteiger partial charge in [-0.15, -0.1) is 0 Å². The predicted octanol–water partition coefficient (Wildman–Crippen LogP) is 3.49. The van der Waals surface area contributed by atoms with E-state index >= 15 is 0 Å². The first kappa shape index (κ1) is 19.7. The molecule has 0 bridgehead atoms. The topological polar surface area (TPSA) is 90.1 Å². The van der Waals surface area contributed by atoms with Gasteiger partial charge in [-0.2, -0.15) is 0 Å². The lowest BCUT2D eigenvalue weighted by molar-refractivity contribution is 0.585. The lowest BCUT2D eigenvalue weighted by Gasteiger charge is -2.07. The van der Waals surface area contributed by atoms with E-state index in [4.69, 9.17) is 0 Å². The molecule has 1 aromatic carbocycles. The minimum Gasteiger partial charge on any atom is -0.295 e. The molecule has 7 nitrogen and oxygen atoms in total. The number of benzene rings is 1. The van der Waals surface area contributed by atoms with Crippen molar-refractivity contribution in [1.82, 2.24) is 24.3 Å². The summed E-state index contributed by atoms with van der Waals surface area (Å²) < 4.78 is 53.9. The van der Waals surface area contributed by atoms with Gasteiger partial charge in [0.1, 0.15) is 17.3 Å². The highest BCUT2D eigenvalue weighted by atomic mass is 32.2. The average Bonchev–Trinajstić information content (AvgIpc) is 3.45. The summed E-state index contributed by atoms with van der Waals surface area (Å²) in [6.45, 7) is 0. The van der Waals surface area contributed by atoms with E-state index < -0.39 is 21.5 Å². The van der Waals surface area contributed by atoms with Crippen molar-refractivity contribution in [1.29, 1.82) is 0 Å². The first-order valence-corrected chi connectivity index (χ1v) is 11.6. The maximum Gasteiger partial charge on any atom is 0.247 e. The van der Waals surface area contributed by atoms with Gasteiger partial charge in [0.15, 0.2) is 5.65 Å². The Balaban J connectivity index is 1.81. The van der Waals surface area contributed by atoms with Crippen molar-refractivity contribution in [3.63, 3.8) is 0 Å². The van der Waals surface area contributed by atoms with Gasteiger partial charge < -0.3 is 0 Å². The van der Waals surface area contributed by atoms with Crippen LogP contribution in [0.1, 0.15) is 18.5 Å². The monoisotopic (exact) mass is 441 g/mol. The van der Waals surface area contributed by atoms with Crippen LogP contribution in [0.2, 0.25) is 0 Å². The Labute approximate surface area is 176 Å². The van der Waals surface area contributed by atoms with Crippen LogP contribution >= 0.6 is 0 Å². The highest BCUT2D eigenvalue weighted by molar-refractivity contribution is 7.90. The zero-order valence-corrected chi connectivity index (χ0v) is 17.3. The lowest BCUT2D eigenvalue weighted by atomic mass is 10.1. The van der Waals surface area contributed by atoms with Gasteiger partial charge in [0.2, 0.25) is 15.0 Å². The van der Waals surface area contributed by atoms with Gasteiger partial charge in [0.05, 0.1) is 17.1 Å². The number of aromatic nitrogens is 5. The van der Waals surface area contributed by atoms with Crippen molar-refractivity contribution < 1.29 is 17.2 Å². The quantitative estimate of drug-likeness (QED) is 0.441. The SMILES string of the molecule is CS(=O)(=O)c1nccc(-c2c(-c3ccc(F)cc3F)nc3c(CC4CC4)nccn23)n1. The molecule has 0 N–H and O–H groups in total. The minimum atomic E-state index is -3.66.